The lowest BCUT2D eigenvalue weighted by atomic mass is 9.97. The first-order chi connectivity index (χ1) is 14.1. The first kappa shape index (κ1) is 19.6. The molecule has 0 bridgehead atoms. The van der Waals surface area contributed by atoms with Crippen LogP contribution >= 0.6 is 0 Å². The second kappa shape index (κ2) is 8.76. The zero-order chi connectivity index (χ0) is 20.2. The molecule has 1 amide bonds. The molecule has 2 aliphatic heterocycles. The summed E-state index contributed by atoms with van der Waals surface area (Å²) < 4.78 is 10.8. The second-order valence-corrected chi connectivity index (χ2v) is 7.54. The van der Waals surface area contributed by atoms with Crippen molar-refractivity contribution in [2.45, 2.75) is 19.4 Å². The molecular formula is C23H27N3O3. The average Bonchev–Trinajstić information content (AvgIpc) is 3.20. The molecule has 2 aliphatic rings. The number of aryl methyl sites for hydroxylation is 1. The van der Waals surface area contributed by atoms with Gasteiger partial charge in [-0.15, -0.1) is 0 Å². The van der Waals surface area contributed by atoms with E-state index in [2.05, 4.69) is 30.0 Å². The molecule has 6 nitrogen and oxygen atoms in total. The first-order valence-corrected chi connectivity index (χ1v) is 10.0. The molecule has 0 saturated carbocycles. The molecule has 1 saturated heterocycles. The lowest BCUT2D eigenvalue weighted by molar-refractivity contribution is -0.135. The van der Waals surface area contributed by atoms with Crippen LogP contribution in [0, 0.1) is 6.92 Å². The van der Waals surface area contributed by atoms with Crippen LogP contribution in [0.5, 0.6) is 5.75 Å². The third-order valence-electron chi connectivity index (χ3n) is 5.46. The number of hydrogen-bond donors (Lipinski definition) is 0. The summed E-state index contributed by atoms with van der Waals surface area (Å²) >= 11 is 0. The number of rotatable bonds is 5. The van der Waals surface area contributed by atoms with Crippen molar-refractivity contribution in [3.8, 4) is 5.75 Å². The van der Waals surface area contributed by atoms with Crippen LogP contribution in [0.2, 0.25) is 0 Å². The molecule has 0 unspecified atom stereocenters. The molecule has 2 aromatic carbocycles. The van der Waals surface area contributed by atoms with Crippen LogP contribution in [0.1, 0.15) is 29.2 Å². The van der Waals surface area contributed by atoms with Crippen molar-refractivity contribution in [2.75, 3.05) is 40.0 Å². The molecule has 0 radical (unpaired) electrons. The maximum atomic E-state index is 13.2. The van der Waals surface area contributed by atoms with E-state index < -0.39 is 0 Å². The molecule has 29 heavy (non-hydrogen) atoms. The zero-order valence-electron chi connectivity index (χ0n) is 17.0. The number of nitrogens with zero attached hydrogens (tertiary/aromatic N) is 3. The highest BCUT2D eigenvalue weighted by molar-refractivity contribution is 6.03. The maximum Gasteiger partial charge on any atom is 0.257 e. The highest BCUT2D eigenvalue weighted by atomic mass is 16.5. The van der Waals surface area contributed by atoms with Gasteiger partial charge in [0.2, 0.25) is 0 Å². The smallest absolute Gasteiger partial charge is 0.257 e. The minimum Gasteiger partial charge on any atom is -0.497 e. The van der Waals surface area contributed by atoms with Crippen LogP contribution < -0.4 is 4.74 Å². The fraction of sp³-hybridized carbons (Fsp3) is 0.391. The van der Waals surface area contributed by atoms with E-state index in [1.807, 2.05) is 30.3 Å². The van der Waals surface area contributed by atoms with Crippen LogP contribution in [-0.2, 0) is 9.53 Å². The van der Waals surface area contributed by atoms with E-state index in [0.717, 1.165) is 35.7 Å². The normalized spacial score (nSPS) is 19.9. The molecule has 4 rings (SSSR count). The summed E-state index contributed by atoms with van der Waals surface area (Å²) in [5.41, 5.74) is 4.19. The number of carbonyl (C=O) groups is 1. The van der Waals surface area contributed by atoms with Crippen molar-refractivity contribution >= 4 is 11.6 Å². The summed E-state index contributed by atoms with van der Waals surface area (Å²) in [5, 5.41) is 6.45. The number of morpholine rings is 1. The molecular weight excluding hydrogens is 366 g/mol. The second-order valence-electron chi connectivity index (χ2n) is 7.54. The minimum atomic E-state index is -0.0929. The SMILES string of the molecule is COc1cccc(C2=NN(C(=O)CN3CCOCC3)[C@H](c3cccc(C)c3)C2)c1. The highest BCUT2D eigenvalue weighted by Gasteiger charge is 2.34. The topological polar surface area (TPSA) is 54.4 Å². The lowest BCUT2D eigenvalue weighted by Crippen LogP contribution is -2.43. The van der Waals surface area contributed by atoms with E-state index in [4.69, 9.17) is 14.6 Å². The van der Waals surface area contributed by atoms with Crippen LogP contribution in [0.3, 0.4) is 0 Å². The maximum absolute atomic E-state index is 13.2. The van der Waals surface area contributed by atoms with Crippen LogP contribution in [0.4, 0.5) is 0 Å². The van der Waals surface area contributed by atoms with Gasteiger partial charge in [-0.1, -0.05) is 42.0 Å². The Morgan fingerprint density at radius 1 is 1.17 bits per heavy atom. The summed E-state index contributed by atoms with van der Waals surface area (Å²) in [7, 11) is 1.66. The van der Waals surface area contributed by atoms with E-state index in [0.29, 0.717) is 26.2 Å². The summed E-state index contributed by atoms with van der Waals surface area (Å²) in [6, 6.07) is 16.1. The van der Waals surface area contributed by atoms with E-state index in [1.54, 1.807) is 12.1 Å². The fourth-order valence-corrected chi connectivity index (χ4v) is 3.88. The summed E-state index contributed by atoms with van der Waals surface area (Å²) in [6.45, 7) is 5.34. The Morgan fingerprint density at radius 2 is 1.97 bits per heavy atom. The largest absolute Gasteiger partial charge is 0.497 e. The summed E-state index contributed by atoms with van der Waals surface area (Å²) in [5.74, 6) is 0.812. The molecule has 0 aliphatic carbocycles. The fourth-order valence-electron chi connectivity index (χ4n) is 3.88. The molecule has 2 aromatic rings. The van der Waals surface area contributed by atoms with Gasteiger partial charge in [0, 0.05) is 25.1 Å². The van der Waals surface area contributed by atoms with Gasteiger partial charge in [-0.05, 0) is 24.6 Å². The van der Waals surface area contributed by atoms with Gasteiger partial charge in [0.05, 0.1) is 38.6 Å². The van der Waals surface area contributed by atoms with E-state index in [-0.39, 0.29) is 11.9 Å². The number of hydrazone groups is 1. The Labute approximate surface area is 171 Å². The molecule has 1 atom stereocenters. The van der Waals surface area contributed by atoms with Crippen LogP contribution in [0.15, 0.2) is 53.6 Å². The van der Waals surface area contributed by atoms with Gasteiger partial charge in [-0.25, -0.2) is 5.01 Å². The third kappa shape index (κ3) is 4.49. The molecule has 152 valence electrons. The third-order valence-corrected chi connectivity index (χ3v) is 5.46. The number of methoxy groups -OCH3 is 1. The monoisotopic (exact) mass is 393 g/mol. The Bertz CT molecular complexity index is 906. The van der Waals surface area contributed by atoms with Crippen molar-refractivity contribution in [2.24, 2.45) is 5.10 Å². The molecule has 0 aromatic heterocycles. The molecule has 2 heterocycles. The first-order valence-electron chi connectivity index (χ1n) is 10.0. The van der Waals surface area contributed by atoms with E-state index in [9.17, 15) is 4.79 Å². The van der Waals surface area contributed by atoms with Gasteiger partial charge < -0.3 is 9.47 Å². The number of benzene rings is 2. The predicted molar refractivity (Wildman–Crippen MR) is 112 cm³/mol. The molecule has 0 spiro atoms. The lowest BCUT2D eigenvalue weighted by Gasteiger charge is -2.29. The number of ether oxygens (including phenoxy) is 2. The number of hydrogen-bond acceptors (Lipinski definition) is 5. The van der Waals surface area contributed by atoms with Crippen molar-refractivity contribution in [1.82, 2.24) is 9.91 Å². The van der Waals surface area contributed by atoms with E-state index in [1.165, 1.54) is 5.56 Å². The Balaban J connectivity index is 1.62. The van der Waals surface area contributed by atoms with Crippen LogP contribution in [-0.4, -0.2) is 61.5 Å². The number of amides is 1. The van der Waals surface area contributed by atoms with Crippen molar-refractivity contribution in [1.29, 1.82) is 0 Å². The van der Waals surface area contributed by atoms with Gasteiger partial charge >= 0.3 is 0 Å². The average molecular weight is 393 g/mol. The predicted octanol–water partition coefficient (Wildman–Crippen LogP) is 3.01. The number of carbonyl (C=O) groups excluding carboxylic acids is 1. The van der Waals surface area contributed by atoms with Crippen molar-refractivity contribution in [3.63, 3.8) is 0 Å². The standard InChI is InChI=1S/C23H27N3O3/c1-17-5-3-7-19(13-17)22-15-21(18-6-4-8-20(14-18)28-2)24-26(22)23(27)16-25-9-11-29-12-10-25/h3-8,13-14,22H,9-12,15-16H2,1-2H3/t22-/m0/s1. The van der Waals surface area contributed by atoms with Crippen LogP contribution in [0.25, 0.3) is 0 Å². The quantitative estimate of drug-likeness (QED) is 0.784. The highest BCUT2D eigenvalue weighted by Crippen LogP contribution is 2.34. The summed E-state index contributed by atoms with van der Waals surface area (Å²) in [4.78, 5) is 15.3. The van der Waals surface area contributed by atoms with E-state index >= 15 is 0 Å². The van der Waals surface area contributed by atoms with Gasteiger partial charge in [0.15, 0.2) is 0 Å². The van der Waals surface area contributed by atoms with Gasteiger partial charge in [0.1, 0.15) is 5.75 Å². The van der Waals surface area contributed by atoms with Crippen molar-refractivity contribution < 1.29 is 14.3 Å². The Kier molecular flexibility index (Phi) is 5.92. The Morgan fingerprint density at radius 3 is 2.72 bits per heavy atom. The Hall–Kier alpha value is -2.70. The van der Waals surface area contributed by atoms with Crippen molar-refractivity contribution in [3.05, 3.63) is 65.2 Å². The van der Waals surface area contributed by atoms with Gasteiger partial charge in [0.25, 0.3) is 5.91 Å². The molecule has 1 fully saturated rings. The van der Waals surface area contributed by atoms with Gasteiger partial charge in [-0.2, -0.15) is 5.10 Å². The van der Waals surface area contributed by atoms with Gasteiger partial charge in [-0.3, -0.25) is 9.69 Å². The zero-order valence-corrected chi connectivity index (χ0v) is 17.0. The minimum absolute atomic E-state index is 0.0244. The molecule has 6 heteroatoms. The summed E-state index contributed by atoms with van der Waals surface area (Å²) in [6.07, 6.45) is 0.686. The molecule has 0 N–H and O–H groups in total.